The fraction of sp³-hybridized carbons (Fsp3) is 0.939. The van der Waals surface area contributed by atoms with Crippen LogP contribution in [0.2, 0.25) is 0 Å². The predicted molar refractivity (Wildman–Crippen MR) is 170 cm³/mol. The molecule has 0 saturated heterocycles. The van der Waals surface area contributed by atoms with Crippen molar-refractivity contribution in [2.75, 3.05) is 13.2 Å². The fourth-order valence-corrected chi connectivity index (χ4v) is 5.28. The summed E-state index contributed by atoms with van der Waals surface area (Å²) in [5.74, 6) is 0.686. The van der Waals surface area contributed by atoms with Crippen molar-refractivity contribution < 1.29 is 37.9 Å². The Morgan fingerprint density at radius 1 is 0.548 bits per heavy atom. The number of carbonyl (C=O) groups is 2. The maximum Gasteiger partial charge on any atom is 0.469 e. The number of phosphoric acid groups is 1. The number of carbonyl (C=O) groups excluding carboxylic acids is 2. The Balaban J connectivity index is 3.99. The van der Waals surface area contributed by atoms with Crippen LogP contribution in [0.1, 0.15) is 169 Å². The molecule has 250 valence electrons. The molecule has 0 saturated carbocycles. The van der Waals surface area contributed by atoms with Crippen molar-refractivity contribution in [3.05, 3.63) is 0 Å². The van der Waals surface area contributed by atoms with E-state index < -0.39 is 32.5 Å². The van der Waals surface area contributed by atoms with Gasteiger partial charge in [-0.3, -0.25) is 14.1 Å². The van der Waals surface area contributed by atoms with E-state index in [-0.39, 0.29) is 19.4 Å². The molecule has 42 heavy (non-hydrogen) atoms. The molecule has 0 amide bonds. The Kier molecular flexibility index (Phi) is 27.0. The van der Waals surface area contributed by atoms with E-state index in [2.05, 4.69) is 32.2 Å². The van der Waals surface area contributed by atoms with Gasteiger partial charge in [0.2, 0.25) is 0 Å². The summed E-state index contributed by atoms with van der Waals surface area (Å²) in [5.41, 5.74) is 0. The molecular weight excluding hydrogens is 555 g/mol. The van der Waals surface area contributed by atoms with Gasteiger partial charge < -0.3 is 19.3 Å². The van der Waals surface area contributed by atoms with E-state index in [1.807, 2.05) is 0 Å². The molecule has 0 aromatic heterocycles. The Labute approximate surface area is 257 Å². The summed E-state index contributed by atoms with van der Waals surface area (Å²) in [7, 11) is -4.74. The Morgan fingerprint density at radius 2 is 0.905 bits per heavy atom. The molecule has 0 aromatic rings. The van der Waals surface area contributed by atoms with Crippen molar-refractivity contribution in [1.29, 1.82) is 0 Å². The third kappa shape index (κ3) is 32.0. The highest BCUT2D eigenvalue weighted by molar-refractivity contribution is 7.46. The number of rotatable bonds is 30. The summed E-state index contributed by atoms with van der Waals surface area (Å²) in [6, 6.07) is 0. The minimum Gasteiger partial charge on any atom is -0.462 e. The number of phosphoric ester groups is 1. The molecule has 0 fully saturated rings. The van der Waals surface area contributed by atoms with E-state index in [0.29, 0.717) is 6.42 Å². The van der Waals surface area contributed by atoms with Crippen LogP contribution in [0.3, 0.4) is 0 Å². The third-order valence-electron chi connectivity index (χ3n) is 7.48. The van der Waals surface area contributed by atoms with Crippen LogP contribution >= 0.6 is 7.82 Å². The molecule has 0 aliphatic heterocycles. The first kappa shape index (κ1) is 41.0. The first-order valence-corrected chi connectivity index (χ1v) is 18.6. The highest BCUT2D eigenvalue weighted by Gasteiger charge is 2.22. The second-order valence-electron chi connectivity index (χ2n) is 12.8. The van der Waals surface area contributed by atoms with Gasteiger partial charge in [-0.05, 0) is 24.7 Å². The molecule has 1 atom stereocenters. The molecular formula is C33H65O8P. The zero-order valence-electron chi connectivity index (χ0n) is 27.5. The van der Waals surface area contributed by atoms with E-state index in [1.165, 1.54) is 83.5 Å². The maximum absolute atomic E-state index is 12.3. The van der Waals surface area contributed by atoms with Gasteiger partial charge in [-0.25, -0.2) is 4.57 Å². The molecule has 2 N–H and O–H groups in total. The molecule has 0 aliphatic rings. The van der Waals surface area contributed by atoms with Crippen LogP contribution < -0.4 is 0 Å². The zero-order valence-corrected chi connectivity index (χ0v) is 28.4. The fourth-order valence-electron chi connectivity index (χ4n) is 4.92. The van der Waals surface area contributed by atoms with Crippen molar-refractivity contribution in [3.63, 3.8) is 0 Å². The second-order valence-corrected chi connectivity index (χ2v) is 14.0. The van der Waals surface area contributed by atoms with E-state index in [9.17, 15) is 14.2 Å². The topological polar surface area (TPSA) is 119 Å². The van der Waals surface area contributed by atoms with Crippen LogP contribution in [0.4, 0.5) is 0 Å². The van der Waals surface area contributed by atoms with Crippen molar-refractivity contribution in [1.82, 2.24) is 0 Å². The van der Waals surface area contributed by atoms with Crippen LogP contribution in [-0.4, -0.2) is 41.0 Å². The summed E-state index contributed by atoms with van der Waals surface area (Å²) in [6.45, 7) is 8.25. The molecule has 8 nitrogen and oxygen atoms in total. The van der Waals surface area contributed by atoms with Crippen LogP contribution in [-0.2, 0) is 28.2 Å². The minimum atomic E-state index is -4.74. The smallest absolute Gasteiger partial charge is 0.462 e. The third-order valence-corrected chi connectivity index (χ3v) is 7.97. The lowest BCUT2D eigenvalue weighted by Crippen LogP contribution is -2.29. The van der Waals surface area contributed by atoms with E-state index in [4.69, 9.17) is 19.3 Å². The predicted octanol–water partition coefficient (Wildman–Crippen LogP) is 9.44. The molecule has 0 spiro atoms. The lowest BCUT2D eigenvalue weighted by atomic mass is 10.0. The SMILES string of the molecule is CC(C)CCCCCCCCCCCCCC(=O)O[C@H](COC(=O)CCCCCCCCCC(C)C)COP(=O)(O)O. The average molecular weight is 621 g/mol. The molecule has 0 aromatic carbocycles. The molecule has 0 aliphatic carbocycles. The first-order valence-electron chi connectivity index (χ1n) is 17.0. The van der Waals surface area contributed by atoms with Gasteiger partial charge in [0.05, 0.1) is 6.61 Å². The van der Waals surface area contributed by atoms with Crippen LogP contribution in [0.25, 0.3) is 0 Å². The summed E-state index contributed by atoms with van der Waals surface area (Å²) in [4.78, 5) is 42.5. The first-order chi connectivity index (χ1) is 20.0. The highest BCUT2D eigenvalue weighted by atomic mass is 31.2. The van der Waals surface area contributed by atoms with Gasteiger partial charge in [-0.15, -0.1) is 0 Å². The Morgan fingerprint density at radius 3 is 1.29 bits per heavy atom. The van der Waals surface area contributed by atoms with Crippen molar-refractivity contribution >= 4 is 19.8 Å². The molecule has 0 unspecified atom stereocenters. The number of hydrogen-bond acceptors (Lipinski definition) is 6. The van der Waals surface area contributed by atoms with E-state index >= 15 is 0 Å². The number of hydrogen-bond donors (Lipinski definition) is 2. The second kappa shape index (κ2) is 27.6. The Hall–Kier alpha value is -0.950. The lowest BCUT2D eigenvalue weighted by molar-refractivity contribution is -0.161. The normalized spacial score (nSPS) is 12.7. The lowest BCUT2D eigenvalue weighted by Gasteiger charge is -2.18. The molecule has 0 bridgehead atoms. The van der Waals surface area contributed by atoms with Crippen LogP contribution in [0, 0.1) is 11.8 Å². The monoisotopic (exact) mass is 620 g/mol. The van der Waals surface area contributed by atoms with Gasteiger partial charge in [0, 0.05) is 12.8 Å². The van der Waals surface area contributed by atoms with Gasteiger partial charge >= 0.3 is 19.8 Å². The molecule has 0 radical (unpaired) electrons. The quantitative estimate of drug-likeness (QED) is 0.0463. The standard InChI is InChI=1S/C33H65O8P/c1-29(2)23-19-15-11-8-6-5-7-9-13-18-22-26-33(35)41-31(28-40-42(36,37)38)27-39-32(34)25-21-17-14-10-12-16-20-24-30(3)4/h29-31H,5-28H2,1-4H3,(H2,36,37,38)/t31-/m1/s1. The molecule has 0 heterocycles. The van der Waals surface area contributed by atoms with Gasteiger partial charge in [0.1, 0.15) is 6.61 Å². The summed E-state index contributed by atoms with van der Waals surface area (Å²) in [6.07, 6.45) is 22.8. The van der Waals surface area contributed by atoms with Gasteiger partial charge in [-0.1, -0.05) is 143 Å². The largest absolute Gasteiger partial charge is 0.469 e. The van der Waals surface area contributed by atoms with E-state index in [0.717, 1.165) is 50.4 Å². The van der Waals surface area contributed by atoms with Crippen LogP contribution in [0.15, 0.2) is 0 Å². The van der Waals surface area contributed by atoms with Gasteiger partial charge in [0.25, 0.3) is 0 Å². The Bertz CT molecular complexity index is 692. The number of ether oxygens (including phenoxy) is 2. The summed E-state index contributed by atoms with van der Waals surface area (Å²) < 4.78 is 26.2. The van der Waals surface area contributed by atoms with E-state index in [1.54, 1.807) is 0 Å². The minimum absolute atomic E-state index is 0.216. The van der Waals surface area contributed by atoms with Crippen molar-refractivity contribution in [2.45, 2.75) is 175 Å². The molecule has 9 heteroatoms. The highest BCUT2D eigenvalue weighted by Crippen LogP contribution is 2.36. The molecule has 0 rings (SSSR count). The van der Waals surface area contributed by atoms with Crippen molar-refractivity contribution in [3.8, 4) is 0 Å². The maximum atomic E-state index is 12.3. The number of unbranched alkanes of at least 4 members (excludes halogenated alkanes) is 16. The van der Waals surface area contributed by atoms with Crippen molar-refractivity contribution in [2.24, 2.45) is 11.8 Å². The number of esters is 2. The zero-order chi connectivity index (χ0) is 31.5. The average Bonchev–Trinajstić information content (AvgIpc) is 2.91. The van der Waals surface area contributed by atoms with Gasteiger partial charge in [-0.2, -0.15) is 0 Å². The van der Waals surface area contributed by atoms with Gasteiger partial charge in [0.15, 0.2) is 6.10 Å². The summed E-state index contributed by atoms with van der Waals surface area (Å²) >= 11 is 0. The van der Waals surface area contributed by atoms with Crippen LogP contribution in [0.5, 0.6) is 0 Å². The summed E-state index contributed by atoms with van der Waals surface area (Å²) in [5, 5.41) is 0.